The number of nitrogens with one attached hydrogen (secondary N) is 1. The van der Waals surface area contributed by atoms with Crippen LogP contribution in [0.2, 0.25) is 0 Å². The highest BCUT2D eigenvalue weighted by molar-refractivity contribution is 7.15. The number of aryl methyl sites for hydroxylation is 2. The molecule has 0 spiro atoms. The smallest absolute Gasteiger partial charge is 0.264 e. The minimum atomic E-state index is -0.286. The Hall–Kier alpha value is -2.55. The molecule has 0 aromatic carbocycles. The van der Waals surface area contributed by atoms with E-state index in [4.69, 9.17) is 0 Å². The van der Waals surface area contributed by atoms with Crippen LogP contribution in [0.25, 0.3) is 11.0 Å². The van der Waals surface area contributed by atoms with Gasteiger partial charge < -0.3 is 5.32 Å². The monoisotopic (exact) mass is 358 g/mol. The molecule has 0 saturated carbocycles. The Balaban J connectivity index is 1.51. The van der Waals surface area contributed by atoms with Crippen LogP contribution >= 0.6 is 11.3 Å². The molecule has 1 amide bonds. The SMILES string of the molecule is CC1CCc2nc(NC(=O)Cn3cnc4c(cnn4C)c3=O)sc2C1. The molecular weight excluding hydrogens is 340 g/mol. The third-order valence-electron chi connectivity index (χ3n) is 4.46. The van der Waals surface area contributed by atoms with Gasteiger partial charge in [-0.1, -0.05) is 6.92 Å². The first-order chi connectivity index (χ1) is 12.0. The van der Waals surface area contributed by atoms with Gasteiger partial charge in [-0.15, -0.1) is 11.3 Å². The fourth-order valence-electron chi connectivity index (χ4n) is 3.09. The number of thiazole rings is 1. The molecule has 0 fully saturated rings. The Kier molecular flexibility index (Phi) is 3.87. The highest BCUT2D eigenvalue weighted by atomic mass is 32.1. The van der Waals surface area contributed by atoms with Gasteiger partial charge in [-0.05, 0) is 25.2 Å². The van der Waals surface area contributed by atoms with Crippen LogP contribution in [-0.2, 0) is 31.2 Å². The molecule has 0 aliphatic heterocycles. The van der Waals surface area contributed by atoms with Gasteiger partial charge in [-0.25, -0.2) is 9.97 Å². The highest BCUT2D eigenvalue weighted by Gasteiger charge is 2.20. The molecule has 3 heterocycles. The Morgan fingerprint density at radius 1 is 1.48 bits per heavy atom. The quantitative estimate of drug-likeness (QED) is 0.763. The van der Waals surface area contributed by atoms with Crippen molar-refractivity contribution in [2.45, 2.75) is 32.7 Å². The maximum atomic E-state index is 12.4. The summed E-state index contributed by atoms with van der Waals surface area (Å²) in [7, 11) is 1.72. The van der Waals surface area contributed by atoms with Crippen LogP contribution < -0.4 is 10.9 Å². The van der Waals surface area contributed by atoms with Crippen LogP contribution in [0.15, 0.2) is 17.3 Å². The minimum absolute atomic E-state index is 0.0999. The molecule has 1 atom stereocenters. The molecule has 0 saturated heterocycles. The largest absolute Gasteiger partial charge is 0.300 e. The first kappa shape index (κ1) is 15.9. The second-order valence-corrected chi connectivity index (χ2v) is 7.55. The molecule has 130 valence electrons. The number of nitrogens with zero attached hydrogens (tertiary/aromatic N) is 5. The van der Waals surface area contributed by atoms with Crippen LogP contribution in [-0.4, -0.2) is 30.2 Å². The lowest BCUT2D eigenvalue weighted by atomic mass is 9.93. The summed E-state index contributed by atoms with van der Waals surface area (Å²) in [5.74, 6) is 0.374. The number of rotatable bonds is 3. The van der Waals surface area contributed by atoms with Crippen molar-refractivity contribution >= 4 is 33.4 Å². The van der Waals surface area contributed by atoms with E-state index in [1.807, 2.05) is 0 Å². The van der Waals surface area contributed by atoms with Crippen LogP contribution in [0.5, 0.6) is 0 Å². The third kappa shape index (κ3) is 2.95. The van der Waals surface area contributed by atoms with Crippen LogP contribution in [0, 0.1) is 5.92 Å². The van der Waals surface area contributed by atoms with Gasteiger partial charge in [0.05, 0.1) is 11.9 Å². The number of fused-ring (bicyclic) bond motifs is 2. The van der Waals surface area contributed by atoms with Gasteiger partial charge in [-0.2, -0.15) is 5.10 Å². The van der Waals surface area contributed by atoms with Crippen molar-refractivity contribution in [3.8, 4) is 0 Å². The molecule has 3 aromatic rings. The van der Waals surface area contributed by atoms with Crippen LogP contribution in [0.1, 0.15) is 23.9 Å². The van der Waals surface area contributed by atoms with Gasteiger partial charge >= 0.3 is 0 Å². The van der Waals surface area contributed by atoms with E-state index in [0.717, 1.165) is 25.0 Å². The lowest BCUT2D eigenvalue weighted by Crippen LogP contribution is -2.27. The molecule has 1 aliphatic rings. The first-order valence-electron chi connectivity index (χ1n) is 8.17. The second-order valence-electron chi connectivity index (χ2n) is 6.47. The van der Waals surface area contributed by atoms with E-state index in [1.165, 1.54) is 38.0 Å². The fraction of sp³-hybridized carbons (Fsp3) is 0.438. The van der Waals surface area contributed by atoms with Crippen LogP contribution in [0.4, 0.5) is 5.13 Å². The molecule has 0 bridgehead atoms. The average Bonchev–Trinajstić information content (AvgIpc) is 3.13. The van der Waals surface area contributed by atoms with Crippen molar-refractivity contribution in [2.24, 2.45) is 13.0 Å². The lowest BCUT2D eigenvalue weighted by Gasteiger charge is -2.15. The fourth-order valence-corrected chi connectivity index (χ4v) is 4.27. The van der Waals surface area contributed by atoms with Crippen LogP contribution in [0.3, 0.4) is 0 Å². The molecule has 1 N–H and O–H groups in total. The van der Waals surface area contributed by atoms with Gasteiger partial charge in [0, 0.05) is 11.9 Å². The summed E-state index contributed by atoms with van der Waals surface area (Å²) in [6.45, 7) is 2.13. The molecule has 4 rings (SSSR count). The summed E-state index contributed by atoms with van der Waals surface area (Å²) >= 11 is 1.53. The van der Waals surface area contributed by atoms with Crippen molar-refractivity contribution in [1.29, 1.82) is 0 Å². The lowest BCUT2D eigenvalue weighted by molar-refractivity contribution is -0.116. The van der Waals surface area contributed by atoms with E-state index >= 15 is 0 Å². The van der Waals surface area contributed by atoms with Crippen molar-refractivity contribution in [2.75, 3.05) is 5.32 Å². The van der Waals surface area contributed by atoms with E-state index in [-0.39, 0.29) is 18.0 Å². The van der Waals surface area contributed by atoms with E-state index in [2.05, 4.69) is 27.3 Å². The predicted molar refractivity (Wildman–Crippen MR) is 94.7 cm³/mol. The van der Waals surface area contributed by atoms with Crippen molar-refractivity contribution in [1.82, 2.24) is 24.3 Å². The molecular formula is C16H18N6O2S. The number of hydrogen-bond acceptors (Lipinski definition) is 6. The van der Waals surface area contributed by atoms with Crippen molar-refractivity contribution < 1.29 is 4.79 Å². The molecule has 0 radical (unpaired) electrons. The zero-order valence-corrected chi connectivity index (χ0v) is 14.8. The third-order valence-corrected chi connectivity index (χ3v) is 5.50. The van der Waals surface area contributed by atoms with E-state index in [1.54, 1.807) is 7.05 Å². The summed E-state index contributed by atoms with van der Waals surface area (Å²) in [6.07, 6.45) is 5.96. The second kappa shape index (κ2) is 6.07. The molecule has 1 aliphatic carbocycles. The first-order valence-corrected chi connectivity index (χ1v) is 8.98. The van der Waals surface area contributed by atoms with Gasteiger partial charge in [0.2, 0.25) is 5.91 Å². The molecule has 1 unspecified atom stereocenters. The highest BCUT2D eigenvalue weighted by Crippen LogP contribution is 2.32. The van der Waals surface area contributed by atoms with E-state index < -0.39 is 0 Å². The predicted octanol–water partition coefficient (Wildman–Crippen LogP) is 1.35. The van der Waals surface area contributed by atoms with E-state index in [9.17, 15) is 9.59 Å². The molecule has 25 heavy (non-hydrogen) atoms. The number of aromatic nitrogens is 5. The molecule has 9 heteroatoms. The number of anilines is 1. The van der Waals surface area contributed by atoms with Crippen molar-refractivity contribution in [3.05, 3.63) is 33.4 Å². The van der Waals surface area contributed by atoms with Crippen molar-refractivity contribution in [3.63, 3.8) is 0 Å². The maximum Gasteiger partial charge on any atom is 0.264 e. The average molecular weight is 358 g/mol. The summed E-state index contributed by atoms with van der Waals surface area (Å²) in [6, 6.07) is 0. The van der Waals surface area contributed by atoms with Gasteiger partial charge in [0.25, 0.3) is 5.56 Å². The zero-order valence-electron chi connectivity index (χ0n) is 14.0. The van der Waals surface area contributed by atoms with Gasteiger partial charge in [-0.3, -0.25) is 18.8 Å². The number of hydrogen-bond donors (Lipinski definition) is 1. The standard InChI is InChI=1S/C16H18N6O2S/c1-9-3-4-11-12(5-9)25-16(19-11)20-13(23)7-22-8-17-14-10(15(22)24)6-18-21(14)2/h6,8-9H,3-5,7H2,1-2H3,(H,19,20,23). The Labute approximate surface area is 147 Å². The number of amides is 1. The van der Waals surface area contributed by atoms with E-state index in [0.29, 0.717) is 22.1 Å². The summed E-state index contributed by atoms with van der Waals surface area (Å²) < 4.78 is 2.82. The Morgan fingerprint density at radius 3 is 3.16 bits per heavy atom. The number of carbonyl (C=O) groups excluding carboxylic acids is 1. The minimum Gasteiger partial charge on any atom is -0.300 e. The normalized spacial score (nSPS) is 16.8. The Morgan fingerprint density at radius 2 is 2.32 bits per heavy atom. The zero-order chi connectivity index (χ0) is 17.6. The molecule has 3 aromatic heterocycles. The van der Waals surface area contributed by atoms with Gasteiger partial charge in [0.15, 0.2) is 10.8 Å². The van der Waals surface area contributed by atoms with Gasteiger partial charge in [0.1, 0.15) is 18.3 Å². The summed E-state index contributed by atoms with van der Waals surface area (Å²) in [5, 5.41) is 7.83. The summed E-state index contributed by atoms with van der Waals surface area (Å²) in [4.78, 5) is 34.7. The Bertz CT molecular complexity index is 1020. The molecule has 8 nitrogen and oxygen atoms in total. The number of carbonyl (C=O) groups is 1. The maximum absolute atomic E-state index is 12.4. The summed E-state index contributed by atoms with van der Waals surface area (Å²) in [5.41, 5.74) is 1.32. The topological polar surface area (TPSA) is 94.7 Å².